The molecular weight excluding hydrogens is 205 g/mol. The van der Waals surface area contributed by atoms with Gasteiger partial charge in [0.1, 0.15) is 5.82 Å². The van der Waals surface area contributed by atoms with Crippen LogP contribution in [0.4, 0.5) is 4.39 Å². The van der Waals surface area contributed by atoms with Gasteiger partial charge in [0, 0.05) is 5.92 Å². The number of piperidine rings is 1. The Bertz CT molecular complexity index is 500. The van der Waals surface area contributed by atoms with Gasteiger partial charge in [-0.2, -0.15) is 4.39 Å². The zero-order chi connectivity index (χ0) is 11.0. The number of halogens is 1. The minimum atomic E-state index is -0.219. The van der Waals surface area contributed by atoms with Crippen molar-refractivity contribution in [1.82, 2.24) is 14.7 Å². The van der Waals surface area contributed by atoms with Crippen LogP contribution in [0.5, 0.6) is 0 Å². The Balaban J connectivity index is 2.09. The topological polar surface area (TPSA) is 29.3 Å². The highest BCUT2D eigenvalue weighted by Gasteiger charge is 2.20. The zero-order valence-corrected chi connectivity index (χ0v) is 8.99. The van der Waals surface area contributed by atoms with Crippen LogP contribution in [0, 0.1) is 5.95 Å². The number of rotatable bonds is 1. The smallest absolute Gasteiger partial charge is 0.199 e. The molecule has 0 saturated carbocycles. The van der Waals surface area contributed by atoms with E-state index in [1.807, 2.05) is 6.07 Å². The minimum Gasteiger partial charge on any atom is -0.317 e. The van der Waals surface area contributed by atoms with Crippen molar-refractivity contribution in [3.8, 4) is 0 Å². The quantitative estimate of drug-likeness (QED) is 0.743. The summed E-state index contributed by atoms with van der Waals surface area (Å²) in [6.45, 7) is 1.99. The third-order valence-electron chi connectivity index (χ3n) is 3.24. The van der Waals surface area contributed by atoms with Crippen LogP contribution in [0.1, 0.15) is 24.6 Å². The van der Waals surface area contributed by atoms with Gasteiger partial charge in [-0.1, -0.05) is 6.07 Å². The van der Waals surface area contributed by atoms with Gasteiger partial charge in [-0.25, -0.2) is 4.98 Å². The van der Waals surface area contributed by atoms with Crippen LogP contribution in [0.3, 0.4) is 0 Å². The van der Waals surface area contributed by atoms with Gasteiger partial charge >= 0.3 is 0 Å². The normalized spacial score (nSPS) is 18.1. The lowest BCUT2D eigenvalue weighted by molar-refractivity contribution is 0.434. The van der Waals surface area contributed by atoms with Crippen LogP contribution in [0.2, 0.25) is 0 Å². The van der Waals surface area contributed by atoms with Crippen LogP contribution in [0.15, 0.2) is 24.4 Å². The number of hydrogen-bond donors (Lipinski definition) is 1. The zero-order valence-electron chi connectivity index (χ0n) is 8.99. The highest BCUT2D eigenvalue weighted by molar-refractivity contribution is 5.46. The Kier molecular flexibility index (Phi) is 2.36. The van der Waals surface area contributed by atoms with E-state index in [0.717, 1.165) is 37.3 Å². The van der Waals surface area contributed by atoms with E-state index in [1.54, 1.807) is 16.7 Å². The lowest BCUT2D eigenvalue weighted by Gasteiger charge is -2.21. The van der Waals surface area contributed by atoms with Gasteiger partial charge < -0.3 is 5.32 Å². The van der Waals surface area contributed by atoms with Gasteiger partial charge in [0.25, 0.3) is 0 Å². The Morgan fingerprint density at radius 2 is 2.12 bits per heavy atom. The molecule has 0 aromatic carbocycles. The van der Waals surface area contributed by atoms with Crippen molar-refractivity contribution in [3.05, 3.63) is 36.2 Å². The van der Waals surface area contributed by atoms with E-state index in [2.05, 4.69) is 10.3 Å². The van der Waals surface area contributed by atoms with Gasteiger partial charge in [-0.05, 0) is 38.1 Å². The molecule has 3 heterocycles. The van der Waals surface area contributed by atoms with Crippen molar-refractivity contribution in [2.75, 3.05) is 13.1 Å². The first-order valence-electron chi connectivity index (χ1n) is 5.69. The first-order valence-corrected chi connectivity index (χ1v) is 5.69. The van der Waals surface area contributed by atoms with Crippen molar-refractivity contribution >= 4 is 5.52 Å². The molecule has 1 saturated heterocycles. The second kappa shape index (κ2) is 3.87. The van der Waals surface area contributed by atoms with E-state index in [-0.39, 0.29) is 5.95 Å². The third-order valence-corrected chi connectivity index (χ3v) is 3.24. The Labute approximate surface area is 93.3 Å². The molecule has 1 N–H and O–H groups in total. The first-order chi connectivity index (χ1) is 7.86. The molecule has 16 heavy (non-hydrogen) atoms. The molecule has 3 rings (SSSR count). The van der Waals surface area contributed by atoms with Crippen molar-refractivity contribution in [2.24, 2.45) is 0 Å². The molecule has 2 aromatic rings. The molecule has 4 heteroatoms. The number of aromatic nitrogens is 2. The summed E-state index contributed by atoms with van der Waals surface area (Å²) in [5.41, 5.74) is 0.841. The van der Waals surface area contributed by atoms with Gasteiger partial charge in [-0.3, -0.25) is 4.40 Å². The number of pyridine rings is 1. The van der Waals surface area contributed by atoms with Gasteiger partial charge in [0.2, 0.25) is 0 Å². The van der Waals surface area contributed by atoms with Crippen LogP contribution in [-0.2, 0) is 0 Å². The van der Waals surface area contributed by atoms with Crippen LogP contribution < -0.4 is 5.32 Å². The molecule has 3 nitrogen and oxygen atoms in total. The average molecular weight is 219 g/mol. The molecule has 0 atom stereocenters. The minimum absolute atomic E-state index is 0.219. The molecule has 2 aromatic heterocycles. The molecule has 0 aliphatic carbocycles. The molecule has 0 bridgehead atoms. The monoisotopic (exact) mass is 219 g/mol. The van der Waals surface area contributed by atoms with E-state index in [0.29, 0.717) is 5.92 Å². The van der Waals surface area contributed by atoms with Crippen molar-refractivity contribution in [2.45, 2.75) is 18.8 Å². The van der Waals surface area contributed by atoms with Crippen LogP contribution in [0.25, 0.3) is 5.52 Å². The average Bonchev–Trinajstić information content (AvgIpc) is 2.75. The Morgan fingerprint density at radius 1 is 1.31 bits per heavy atom. The van der Waals surface area contributed by atoms with Crippen LogP contribution in [-0.4, -0.2) is 22.5 Å². The van der Waals surface area contributed by atoms with Gasteiger partial charge in [0.15, 0.2) is 5.95 Å². The summed E-state index contributed by atoms with van der Waals surface area (Å²) in [5.74, 6) is 1.03. The fourth-order valence-electron chi connectivity index (χ4n) is 2.40. The molecule has 84 valence electrons. The predicted octanol–water partition coefficient (Wildman–Crippen LogP) is 1.94. The van der Waals surface area contributed by atoms with Crippen molar-refractivity contribution in [1.29, 1.82) is 0 Å². The maximum Gasteiger partial charge on any atom is 0.199 e. The maximum absolute atomic E-state index is 13.7. The summed E-state index contributed by atoms with van der Waals surface area (Å²) < 4.78 is 15.4. The highest BCUT2D eigenvalue weighted by Crippen LogP contribution is 2.25. The molecule has 0 spiro atoms. The lowest BCUT2D eigenvalue weighted by Crippen LogP contribution is -2.27. The second-order valence-electron chi connectivity index (χ2n) is 4.25. The summed E-state index contributed by atoms with van der Waals surface area (Å²) in [7, 11) is 0. The van der Waals surface area contributed by atoms with E-state index in [1.165, 1.54) is 6.07 Å². The molecule has 0 unspecified atom stereocenters. The fraction of sp³-hybridized carbons (Fsp3) is 0.417. The summed E-state index contributed by atoms with van der Waals surface area (Å²) in [4.78, 5) is 4.38. The standard InChI is InChI=1S/C12H14FN3/c13-11-3-1-2-10-8-15-12(16(10)11)9-4-6-14-7-5-9/h1-3,8-9,14H,4-7H2. The summed E-state index contributed by atoms with van der Waals surface area (Å²) >= 11 is 0. The first kappa shape index (κ1) is 9.78. The number of imidazole rings is 1. The van der Waals surface area contributed by atoms with Crippen LogP contribution >= 0.6 is 0 Å². The largest absolute Gasteiger partial charge is 0.317 e. The van der Waals surface area contributed by atoms with E-state index < -0.39 is 0 Å². The third kappa shape index (κ3) is 1.50. The molecule has 1 aliphatic heterocycles. The number of nitrogens with one attached hydrogen (secondary N) is 1. The summed E-state index contributed by atoms with van der Waals surface area (Å²) in [6, 6.07) is 5.10. The highest BCUT2D eigenvalue weighted by atomic mass is 19.1. The number of nitrogens with zero attached hydrogens (tertiary/aromatic N) is 2. The molecule has 0 radical (unpaired) electrons. The predicted molar refractivity (Wildman–Crippen MR) is 60.0 cm³/mol. The lowest BCUT2D eigenvalue weighted by atomic mass is 9.97. The fourth-order valence-corrected chi connectivity index (χ4v) is 2.40. The maximum atomic E-state index is 13.7. The summed E-state index contributed by atoms with van der Waals surface area (Å²) in [6.07, 6.45) is 3.82. The SMILES string of the molecule is Fc1cccc2cnc(C3CCNCC3)n12. The molecule has 1 aliphatic rings. The Hall–Kier alpha value is -1.42. The molecule has 0 amide bonds. The second-order valence-corrected chi connectivity index (χ2v) is 4.25. The number of fused-ring (bicyclic) bond motifs is 1. The number of hydrogen-bond acceptors (Lipinski definition) is 2. The van der Waals surface area contributed by atoms with Gasteiger partial charge in [-0.15, -0.1) is 0 Å². The van der Waals surface area contributed by atoms with Crippen molar-refractivity contribution < 1.29 is 4.39 Å². The van der Waals surface area contributed by atoms with E-state index in [4.69, 9.17) is 0 Å². The summed E-state index contributed by atoms with van der Waals surface area (Å²) in [5, 5.41) is 3.31. The van der Waals surface area contributed by atoms with Gasteiger partial charge in [0.05, 0.1) is 11.7 Å². The molecular formula is C12H14FN3. The molecule has 1 fully saturated rings. The Morgan fingerprint density at radius 3 is 2.94 bits per heavy atom. The van der Waals surface area contributed by atoms with Crippen molar-refractivity contribution in [3.63, 3.8) is 0 Å². The van der Waals surface area contributed by atoms with E-state index >= 15 is 0 Å². The van der Waals surface area contributed by atoms with E-state index in [9.17, 15) is 4.39 Å².